The van der Waals surface area contributed by atoms with Crippen molar-refractivity contribution >= 4 is 21.8 Å². The molecule has 0 aliphatic rings. The molecule has 0 aliphatic heterocycles. The lowest BCUT2D eigenvalue weighted by Crippen LogP contribution is -2.42. The topological polar surface area (TPSA) is 66.2 Å². The number of alkyl halides is 6. The van der Waals surface area contributed by atoms with Crippen molar-refractivity contribution in [2.45, 2.75) is 31.5 Å². The van der Waals surface area contributed by atoms with Crippen LogP contribution in [0.25, 0.3) is 21.8 Å². The molecular weight excluding hydrogens is 378 g/mol. The molecule has 4 nitrogen and oxygen atoms in total. The van der Waals surface area contributed by atoms with E-state index in [9.17, 15) is 36.6 Å². The molecule has 27 heavy (non-hydrogen) atoms. The predicted molar refractivity (Wildman–Crippen MR) is 83.6 cm³/mol. The third-order valence-corrected chi connectivity index (χ3v) is 4.16. The summed E-state index contributed by atoms with van der Waals surface area (Å²) < 4.78 is 79.9. The Hall–Kier alpha value is -2.46. The lowest BCUT2D eigenvalue weighted by Gasteiger charge is -2.26. The third kappa shape index (κ3) is 3.08. The molecule has 2 N–H and O–H groups in total. The van der Waals surface area contributed by atoms with E-state index >= 15 is 0 Å². The van der Waals surface area contributed by atoms with Crippen molar-refractivity contribution in [2.24, 2.45) is 0 Å². The van der Waals surface area contributed by atoms with Gasteiger partial charge in [-0.2, -0.15) is 26.3 Å². The van der Waals surface area contributed by atoms with Gasteiger partial charge in [-0.15, -0.1) is 0 Å². The largest absolute Gasteiger partial charge is 0.447 e. The van der Waals surface area contributed by atoms with Crippen LogP contribution in [-0.4, -0.2) is 26.4 Å². The maximum atomic E-state index is 13.5. The van der Waals surface area contributed by atoms with Crippen molar-refractivity contribution in [3.63, 3.8) is 0 Å². The molecular formula is C17H12F6N2O2. The first-order valence-corrected chi connectivity index (χ1v) is 7.68. The number of halogens is 6. The molecule has 0 aliphatic carbocycles. The van der Waals surface area contributed by atoms with E-state index in [0.29, 0.717) is 6.07 Å². The van der Waals surface area contributed by atoms with E-state index in [0.717, 1.165) is 12.3 Å². The Bertz CT molecular complexity index is 1030. The molecule has 2 aromatic heterocycles. The second-order valence-electron chi connectivity index (χ2n) is 5.90. The summed E-state index contributed by atoms with van der Waals surface area (Å²) in [6.45, 7) is 1.58. The van der Waals surface area contributed by atoms with Gasteiger partial charge in [0.25, 0.3) is 5.79 Å². The van der Waals surface area contributed by atoms with Crippen LogP contribution in [0.1, 0.15) is 23.7 Å². The molecule has 3 aromatic rings. The summed E-state index contributed by atoms with van der Waals surface area (Å²) in [5, 5.41) is 18.5. The quantitative estimate of drug-likeness (QED) is 0.393. The van der Waals surface area contributed by atoms with Crippen LogP contribution in [0.3, 0.4) is 0 Å². The Morgan fingerprint density at radius 1 is 0.926 bits per heavy atom. The number of rotatable bonds is 2. The Morgan fingerprint density at radius 3 is 2.15 bits per heavy atom. The minimum absolute atomic E-state index is 0.0859. The standard InChI is InChI=1S/C17H12F6N2O2/c1-2-8-6-11(16(18,19)20)10-7-12(15(26,27)17(21,22)23)14-9(13(10)25-8)4-3-5-24-14/h3-7,26-27H,2H2,1H3. The number of hydrogen-bond donors (Lipinski definition) is 2. The maximum Gasteiger partial charge on any atom is 0.447 e. The maximum absolute atomic E-state index is 13.5. The molecule has 10 heteroatoms. The number of pyridine rings is 2. The van der Waals surface area contributed by atoms with E-state index in [1.807, 2.05) is 0 Å². The van der Waals surface area contributed by atoms with Gasteiger partial charge in [0.1, 0.15) is 0 Å². The summed E-state index contributed by atoms with van der Waals surface area (Å²) in [5.41, 5.74) is -3.04. The molecule has 144 valence electrons. The van der Waals surface area contributed by atoms with Gasteiger partial charge in [0.15, 0.2) is 0 Å². The monoisotopic (exact) mass is 390 g/mol. The van der Waals surface area contributed by atoms with Crippen LogP contribution in [0, 0.1) is 0 Å². The number of aliphatic hydroxyl groups is 2. The molecule has 0 saturated heterocycles. The minimum atomic E-state index is -5.56. The SMILES string of the molecule is CCc1cc(C(F)(F)F)c2cc(C(O)(O)C(F)(F)F)c3ncccc3c2n1. The van der Waals surface area contributed by atoms with Crippen molar-refractivity contribution in [1.29, 1.82) is 0 Å². The molecule has 0 fully saturated rings. The van der Waals surface area contributed by atoms with Crippen molar-refractivity contribution in [1.82, 2.24) is 9.97 Å². The summed E-state index contributed by atoms with van der Waals surface area (Å²) in [4.78, 5) is 7.81. The number of fused-ring (bicyclic) bond motifs is 3. The first-order chi connectivity index (χ1) is 12.4. The number of benzene rings is 1. The van der Waals surface area contributed by atoms with Gasteiger partial charge in [0.2, 0.25) is 0 Å². The van der Waals surface area contributed by atoms with Gasteiger partial charge in [0, 0.05) is 28.2 Å². The van der Waals surface area contributed by atoms with E-state index in [1.165, 1.54) is 12.1 Å². The first-order valence-electron chi connectivity index (χ1n) is 7.68. The van der Waals surface area contributed by atoms with Gasteiger partial charge < -0.3 is 10.2 Å². The zero-order valence-electron chi connectivity index (χ0n) is 13.7. The van der Waals surface area contributed by atoms with Crippen LogP contribution in [-0.2, 0) is 18.4 Å². The molecule has 0 spiro atoms. The smallest absolute Gasteiger partial charge is 0.355 e. The summed E-state index contributed by atoms with van der Waals surface area (Å²) in [5.74, 6) is -4.39. The van der Waals surface area contributed by atoms with Crippen LogP contribution in [0.2, 0.25) is 0 Å². The van der Waals surface area contributed by atoms with Crippen molar-refractivity contribution in [2.75, 3.05) is 0 Å². The summed E-state index contributed by atoms with van der Waals surface area (Å²) >= 11 is 0. The zero-order chi connectivity index (χ0) is 20.2. The molecule has 0 amide bonds. The fourth-order valence-corrected chi connectivity index (χ4v) is 2.82. The Kier molecular flexibility index (Phi) is 4.31. The Balaban J connectivity index is 2.56. The Morgan fingerprint density at radius 2 is 1.59 bits per heavy atom. The van der Waals surface area contributed by atoms with E-state index in [-0.39, 0.29) is 23.0 Å². The van der Waals surface area contributed by atoms with Gasteiger partial charge in [-0.05, 0) is 30.7 Å². The molecule has 2 heterocycles. The molecule has 0 atom stereocenters. The second kappa shape index (κ2) is 6.03. The fraction of sp³-hybridized carbons (Fsp3) is 0.294. The average molecular weight is 390 g/mol. The summed E-state index contributed by atoms with van der Waals surface area (Å²) in [6.07, 6.45) is -9.18. The molecule has 0 unspecified atom stereocenters. The van der Waals surface area contributed by atoms with Gasteiger partial charge in [0.05, 0.1) is 16.6 Å². The first kappa shape index (κ1) is 19.3. The summed E-state index contributed by atoms with van der Waals surface area (Å²) in [7, 11) is 0. The Labute approximate surface area is 148 Å². The van der Waals surface area contributed by atoms with Gasteiger partial charge in [-0.1, -0.05) is 6.92 Å². The number of aryl methyl sites for hydroxylation is 1. The van der Waals surface area contributed by atoms with Gasteiger partial charge >= 0.3 is 12.4 Å². The highest BCUT2D eigenvalue weighted by atomic mass is 19.4. The highest BCUT2D eigenvalue weighted by Gasteiger charge is 2.55. The zero-order valence-corrected chi connectivity index (χ0v) is 13.7. The molecule has 3 rings (SSSR count). The lowest BCUT2D eigenvalue weighted by atomic mass is 9.95. The molecule has 0 bridgehead atoms. The van der Waals surface area contributed by atoms with Crippen LogP contribution in [0.5, 0.6) is 0 Å². The van der Waals surface area contributed by atoms with Gasteiger partial charge in [-0.3, -0.25) is 9.97 Å². The highest BCUT2D eigenvalue weighted by Crippen LogP contribution is 2.43. The van der Waals surface area contributed by atoms with E-state index in [2.05, 4.69) is 9.97 Å². The van der Waals surface area contributed by atoms with Crippen molar-refractivity contribution in [3.05, 3.63) is 47.3 Å². The van der Waals surface area contributed by atoms with E-state index < -0.39 is 40.2 Å². The number of hydrogen-bond acceptors (Lipinski definition) is 4. The molecule has 1 aromatic carbocycles. The molecule has 0 radical (unpaired) electrons. The predicted octanol–water partition coefficient (Wildman–Crippen LogP) is 4.06. The normalized spacial score (nSPS) is 13.5. The third-order valence-electron chi connectivity index (χ3n) is 4.16. The average Bonchev–Trinajstić information content (AvgIpc) is 2.58. The van der Waals surface area contributed by atoms with Crippen LogP contribution in [0.4, 0.5) is 26.3 Å². The number of nitrogens with zero attached hydrogens (tertiary/aromatic N) is 2. The minimum Gasteiger partial charge on any atom is -0.355 e. The van der Waals surface area contributed by atoms with E-state index in [4.69, 9.17) is 0 Å². The van der Waals surface area contributed by atoms with Crippen LogP contribution >= 0.6 is 0 Å². The summed E-state index contributed by atoms with van der Waals surface area (Å²) in [6, 6.07) is 3.71. The number of aromatic nitrogens is 2. The van der Waals surface area contributed by atoms with Crippen LogP contribution < -0.4 is 0 Å². The van der Waals surface area contributed by atoms with E-state index in [1.54, 1.807) is 6.92 Å². The highest BCUT2D eigenvalue weighted by molar-refractivity contribution is 6.06. The van der Waals surface area contributed by atoms with Crippen LogP contribution in [0.15, 0.2) is 30.5 Å². The fourth-order valence-electron chi connectivity index (χ4n) is 2.82. The van der Waals surface area contributed by atoms with Gasteiger partial charge in [-0.25, -0.2) is 0 Å². The molecule has 0 saturated carbocycles. The van der Waals surface area contributed by atoms with Crippen molar-refractivity contribution < 1.29 is 36.6 Å². The second-order valence-corrected chi connectivity index (χ2v) is 5.90. The van der Waals surface area contributed by atoms with Crippen molar-refractivity contribution in [3.8, 4) is 0 Å². The lowest BCUT2D eigenvalue weighted by molar-refractivity contribution is -0.357.